The van der Waals surface area contributed by atoms with Crippen molar-refractivity contribution in [1.82, 2.24) is 4.90 Å². The number of carbonyl (C=O) groups excluding carboxylic acids is 1. The SMILES string of the molecule is CC1(C)C[C@H](C=O)N(C(=O)O)C1. The van der Waals surface area contributed by atoms with Gasteiger partial charge in [0.05, 0.1) is 6.04 Å². The van der Waals surface area contributed by atoms with E-state index in [0.29, 0.717) is 19.3 Å². The van der Waals surface area contributed by atoms with Crippen molar-refractivity contribution in [2.45, 2.75) is 26.3 Å². The molecule has 0 aromatic rings. The lowest BCUT2D eigenvalue weighted by molar-refractivity contribution is -0.111. The van der Waals surface area contributed by atoms with Gasteiger partial charge in [0.1, 0.15) is 6.29 Å². The zero-order chi connectivity index (χ0) is 9.35. The van der Waals surface area contributed by atoms with Gasteiger partial charge in [-0.15, -0.1) is 0 Å². The summed E-state index contributed by atoms with van der Waals surface area (Å²) in [4.78, 5) is 22.3. The van der Waals surface area contributed by atoms with E-state index in [1.54, 1.807) is 0 Å². The van der Waals surface area contributed by atoms with Crippen molar-refractivity contribution in [3.63, 3.8) is 0 Å². The van der Waals surface area contributed by atoms with Crippen molar-refractivity contribution in [1.29, 1.82) is 0 Å². The highest BCUT2D eigenvalue weighted by molar-refractivity contribution is 5.72. The van der Waals surface area contributed by atoms with Gasteiger partial charge in [0.2, 0.25) is 0 Å². The Morgan fingerprint density at radius 2 is 2.25 bits per heavy atom. The first kappa shape index (κ1) is 9.03. The van der Waals surface area contributed by atoms with E-state index in [-0.39, 0.29) is 5.41 Å². The fraction of sp³-hybridized carbons (Fsp3) is 0.750. The summed E-state index contributed by atoms with van der Waals surface area (Å²) in [7, 11) is 0. The van der Waals surface area contributed by atoms with Crippen LogP contribution in [0.15, 0.2) is 0 Å². The lowest BCUT2D eigenvalue weighted by Gasteiger charge is -2.17. The van der Waals surface area contributed by atoms with Gasteiger partial charge in [0.15, 0.2) is 0 Å². The Kier molecular flexibility index (Phi) is 2.08. The minimum atomic E-state index is -1.00. The number of amides is 1. The maximum absolute atomic E-state index is 10.6. The summed E-state index contributed by atoms with van der Waals surface area (Å²) in [5.41, 5.74) is -0.0655. The number of aldehydes is 1. The smallest absolute Gasteiger partial charge is 0.407 e. The van der Waals surface area contributed by atoms with Gasteiger partial charge in [-0.2, -0.15) is 0 Å². The Labute approximate surface area is 71.2 Å². The number of carbonyl (C=O) groups is 2. The van der Waals surface area contributed by atoms with Gasteiger partial charge in [-0.05, 0) is 11.8 Å². The van der Waals surface area contributed by atoms with E-state index in [1.807, 2.05) is 13.8 Å². The minimum absolute atomic E-state index is 0.0655. The molecule has 0 radical (unpaired) electrons. The predicted octanol–water partition coefficient (Wildman–Crippen LogP) is 0.964. The molecule has 1 heterocycles. The molecule has 1 amide bonds. The van der Waals surface area contributed by atoms with Crippen LogP contribution in [0.2, 0.25) is 0 Å². The molecule has 0 bridgehead atoms. The molecule has 0 aromatic heterocycles. The molecule has 1 aliphatic heterocycles. The zero-order valence-corrected chi connectivity index (χ0v) is 7.28. The fourth-order valence-electron chi connectivity index (χ4n) is 1.65. The standard InChI is InChI=1S/C8H13NO3/c1-8(2)3-6(4-10)9(5-8)7(11)12/h4,6H,3,5H2,1-2H3,(H,11,12)/t6-/m1/s1. The van der Waals surface area contributed by atoms with Crippen LogP contribution in [-0.2, 0) is 4.79 Å². The molecule has 1 fully saturated rings. The quantitative estimate of drug-likeness (QED) is 0.598. The molecule has 1 rings (SSSR count). The van der Waals surface area contributed by atoms with E-state index >= 15 is 0 Å². The third-order valence-corrected chi connectivity index (χ3v) is 2.16. The van der Waals surface area contributed by atoms with Crippen LogP contribution in [0.5, 0.6) is 0 Å². The van der Waals surface area contributed by atoms with Gasteiger partial charge in [0, 0.05) is 6.54 Å². The Balaban J connectivity index is 2.76. The molecular weight excluding hydrogens is 158 g/mol. The highest BCUT2D eigenvalue weighted by atomic mass is 16.4. The Morgan fingerprint density at radius 1 is 1.67 bits per heavy atom. The predicted molar refractivity (Wildman–Crippen MR) is 43.0 cm³/mol. The van der Waals surface area contributed by atoms with Crippen LogP contribution in [-0.4, -0.2) is 35.0 Å². The second-order valence-electron chi connectivity index (χ2n) is 3.98. The summed E-state index contributed by atoms with van der Waals surface area (Å²) in [6.07, 6.45) is 0.337. The van der Waals surface area contributed by atoms with E-state index in [9.17, 15) is 9.59 Å². The molecule has 4 heteroatoms. The van der Waals surface area contributed by atoms with Crippen molar-refractivity contribution in [3.8, 4) is 0 Å². The molecule has 0 aliphatic carbocycles. The molecule has 12 heavy (non-hydrogen) atoms. The van der Waals surface area contributed by atoms with Crippen LogP contribution in [0.25, 0.3) is 0 Å². The van der Waals surface area contributed by atoms with Crippen LogP contribution >= 0.6 is 0 Å². The van der Waals surface area contributed by atoms with Crippen LogP contribution < -0.4 is 0 Å². The second-order valence-corrected chi connectivity index (χ2v) is 3.98. The molecule has 0 saturated carbocycles. The first-order chi connectivity index (χ1) is 5.46. The molecular formula is C8H13NO3. The van der Waals surface area contributed by atoms with Crippen LogP contribution in [0, 0.1) is 5.41 Å². The highest BCUT2D eigenvalue weighted by Gasteiger charge is 2.39. The third-order valence-electron chi connectivity index (χ3n) is 2.16. The largest absolute Gasteiger partial charge is 0.465 e. The molecule has 1 aliphatic rings. The molecule has 0 aromatic carbocycles. The van der Waals surface area contributed by atoms with Crippen LogP contribution in [0.3, 0.4) is 0 Å². The number of carboxylic acid groups (broad SMARTS) is 1. The third kappa shape index (κ3) is 1.57. The van der Waals surface area contributed by atoms with Gasteiger partial charge >= 0.3 is 6.09 Å². The first-order valence-corrected chi connectivity index (χ1v) is 3.91. The van der Waals surface area contributed by atoms with Crippen molar-refractivity contribution < 1.29 is 14.7 Å². The van der Waals surface area contributed by atoms with Gasteiger partial charge in [-0.25, -0.2) is 4.79 Å². The second kappa shape index (κ2) is 2.77. The molecule has 0 unspecified atom stereocenters. The average Bonchev–Trinajstić information content (AvgIpc) is 2.25. The minimum Gasteiger partial charge on any atom is -0.465 e. The molecule has 4 nitrogen and oxygen atoms in total. The molecule has 1 N–H and O–H groups in total. The topological polar surface area (TPSA) is 57.6 Å². The lowest BCUT2D eigenvalue weighted by atomic mass is 9.91. The zero-order valence-electron chi connectivity index (χ0n) is 7.28. The number of hydrogen-bond acceptors (Lipinski definition) is 2. The normalized spacial score (nSPS) is 27.2. The van der Waals surface area contributed by atoms with Crippen molar-refractivity contribution in [2.24, 2.45) is 5.41 Å². The Hall–Kier alpha value is -1.06. The molecule has 0 spiro atoms. The molecule has 68 valence electrons. The monoisotopic (exact) mass is 171 g/mol. The fourth-order valence-corrected chi connectivity index (χ4v) is 1.65. The van der Waals surface area contributed by atoms with Crippen molar-refractivity contribution in [3.05, 3.63) is 0 Å². The summed E-state index contributed by atoms with van der Waals surface area (Å²) < 4.78 is 0. The summed E-state index contributed by atoms with van der Waals surface area (Å²) in [5.74, 6) is 0. The summed E-state index contributed by atoms with van der Waals surface area (Å²) in [6.45, 7) is 4.38. The number of hydrogen-bond donors (Lipinski definition) is 1. The van der Waals surface area contributed by atoms with Crippen LogP contribution in [0.1, 0.15) is 20.3 Å². The van der Waals surface area contributed by atoms with Gasteiger partial charge in [-0.3, -0.25) is 4.90 Å². The van der Waals surface area contributed by atoms with E-state index < -0.39 is 12.1 Å². The van der Waals surface area contributed by atoms with E-state index in [1.165, 1.54) is 4.90 Å². The number of likely N-dealkylation sites (tertiary alicyclic amines) is 1. The molecule has 1 saturated heterocycles. The number of rotatable bonds is 1. The highest BCUT2D eigenvalue weighted by Crippen LogP contribution is 2.32. The molecule has 1 atom stereocenters. The summed E-state index contributed by atoms with van der Waals surface area (Å²) >= 11 is 0. The van der Waals surface area contributed by atoms with Gasteiger partial charge in [-0.1, -0.05) is 13.8 Å². The van der Waals surface area contributed by atoms with Crippen molar-refractivity contribution in [2.75, 3.05) is 6.54 Å². The lowest BCUT2D eigenvalue weighted by Crippen LogP contribution is -2.35. The number of nitrogens with zero attached hydrogens (tertiary/aromatic N) is 1. The van der Waals surface area contributed by atoms with Gasteiger partial charge < -0.3 is 9.90 Å². The van der Waals surface area contributed by atoms with Gasteiger partial charge in [0.25, 0.3) is 0 Å². The summed E-state index contributed by atoms with van der Waals surface area (Å²) in [5, 5.41) is 8.71. The van der Waals surface area contributed by atoms with Crippen LogP contribution in [0.4, 0.5) is 4.79 Å². The average molecular weight is 171 g/mol. The maximum Gasteiger partial charge on any atom is 0.407 e. The van der Waals surface area contributed by atoms with E-state index in [2.05, 4.69) is 0 Å². The summed E-state index contributed by atoms with van der Waals surface area (Å²) in [6, 6.07) is -0.447. The maximum atomic E-state index is 10.6. The first-order valence-electron chi connectivity index (χ1n) is 3.91. The van der Waals surface area contributed by atoms with E-state index in [4.69, 9.17) is 5.11 Å². The van der Waals surface area contributed by atoms with E-state index in [0.717, 1.165) is 0 Å². The Morgan fingerprint density at radius 3 is 2.58 bits per heavy atom. The Bertz CT molecular complexity index is 212. The van der Waals surface area contributed by atoms with Crippen molar-refractivity contribution >= 4 is 12.4 Å².